The second-order valence-corrected chi connectivity index (χ2v) is 8.97. The Kier molecular flexibility index (Phi) is 19.8. The lowest BCUT2D eigenvalue weighted by molar-refractivity contribution is -0.146. The molecule has 0 N–H and O–H groups in total. The van der Waals surface area contributed by atoms with Crippen molar-refractivity contribution in [3.63, 3.8) is 0 Å². The molecule has 0 bridgehead atoms. The average Bonchev–Trinajstić information content (AvgIpc) is 2.63. The van der Waals surface area contributed by atoms with Crippen molar-refractivity contribution in [2.24, 2.45) is 11.8 Å². The number of unbranched alkanes of at least 4 members (excludes halogenated alkanes) is 12. The number of carbonyl (C=O) groups excluding carboxylic acids is 1. The molecule has 0 rings (SSSR count). The molecule has 2 heteroatoms. The van der Waals surface area contributed by atoms with Gasteiger partial charge in [0.15, 0.2) is 0 Å². The van der Waals surface area contributed by atoms with E-state index in [1.54, 1.807) is 0 Å². The molecule has 0 amide bonds. The molecule has 0 radical (unpaired) electrons. The van der Waals surface area contributed by atoms with E-state index in [-0.39, 0.29) is 5.97 Å². The van der Waals surface area contributed by atoms with Crippen molar-refractivity contribution in [1.29, 1.82) is 0 Å². The minimum atomic E-state index is -0.00568. The van der Waals surface area contributed by atoms with Gasteiger partial charge in [-0.1, -0.05) is 118 Å². The zero-order valence-electron chi connectivity index (χ0n) is 19.2. The lowest BCUT2D eigenvalue weighted by Crippen LogP contribution is -2.15. The van der Waals surface area contributed by atoms with E-state index in [1.165, 1.54) is 103 Å². The molecule has 0 heterocycles. The van der Waals surface area contributed by atoms with Crippen LogP contribution in [0.2, 0.25) is 0 Å². The Bertz CT molecular complexity index is 311. The molecule has 1 unspecified atom stereocenters. The van der Waals surface area contributed by atoms with Crippen LogP contribution in [-0.4, -0.2) is 12.6 Å². The lowest BCUT2D eigenvalue weighted by Gasteiger charge is -2.17. The van der Waals surface area contributed by atoms with E-state index in [0.29, 0.717) is 24.9 Å². The van der Waals surface area contributed by atoms with E-state index in [2.05, 4.69) is 27.7 Å². The van der Waals surface area contributed by atoms with Gasteiger partial charge < -0.3 is 4.74 Å². The monoisotopic (exact) mass is 382 g/mol. The summed E-state index contributed by atoms with van der Waals surface area (Å²) < 4.78 is 5.59. The number of carbonyl (C=O) groups is 1. The molecule has 162 valence electrons. The quantitative estimate of drug-likeness (QED) is 0.156. The van der Waals surface area contributed by atoms with Crippen LogP contribution in [0.4, 0.5) is 0 Å². The molecule has 0 aliphatic heterocycles. The average molecular weight is 383 g/mol. The molecule has 2 nitrogen and oxygen atoms in total. The van der Waals surface area contributed by atoms with E-state index in [4.69, 9.17) is 4.74 Å². The largest absolute Gasteiger partial charge is 0.465 e. The standard InChI is InChI=1S/C25H50O2/c1-5-7-9-11-13-14-16-18-20-24(19-17-15-12-10-8-6-2)22-27-25(26)21-23(3)4/h23-24H,5-22H2,1-4H3. The summed E-state index contributed by atoms with van der Waals surface area (Å²) in [6.45, 7) is 9.35. The Hall–Kier alpha value is -0.530. The fraction of sp³-hybridized carbons (Fsp3) is 0.960. The second kappa shape index (κ2) is 20.2. The maximum Gasteiger partial charge on any atom is 0.306 e. The Morgan fingerprint density at radius 2 is 1.07 bits per heavy atom. The van der Waals surface area contributed by atoms with Gasteiger partial charge in [0.25, 0.3) is 0 Å². The molecule has 0 aromatic carbocycles. The topological polar surface area (TPSA) is 26.3 Å². The molecule has 0 saturated carbocycles. The van der Waals surface area contributed by atoms with Crippen LogP contribution in [0.3, 0.4) is 0 Å². The van der Waals surface area contributed by atoms with Crippen LogP contribution in [-0.2, 0) is 9.53 Å². The number of ether oxygens (including phenoxy) is 1. The highest BCUT2D eigenvalue weighted by atomic mass is 16.5. The van der Waals surface area contributed by atoms with Crippen molar-refractivity contribution in [3.05, 3.63) is 0 Å². The highest BCUT2D eigenvalue weighted by Crippen LogP contribution is 2.20. The van der Waals surface area contributed by atoms with Crippen molar-refractivity contribution in [3.8, 4) is 0 Å². The maximum absolute atomic E-state index is 11.9. The third-order valence-electron chi connectivity index (χ3n) is 5.49. The smallest absolute Gasteiger partial charge is 0.306 e. The minimum Gasteiger partial charge on any atom is -0.465 e. The predicted molar refractivity (Wildman–Crippen MR) is 119 cm³/mol. The van der Waals surface area contributed by atoms with E-state index in [1.807, 2.05) is 0 Å². The van der Waals surface area contributed by atoms with Crippen LogP contribution >= 0.6 is 0 Å². The zero-order valence-corrected chi connectivity index (χ0v) is 19.2. The van der Waals surface area contributed by atoms with Crippen molar-refractivity contribution in [2.75, 3.05) is 6.61 Å². The third kappa shape index (κ3) is 20.0. The van der Waals surface area contributed by atoms with Crippen molar-refractivity contribution in [1.82, 2.24) is 0 Å². The molecule has 0 spiro atoms. The van der Waals surface area contributed by atoms with Gasteiger partial charge >= 0.3 is 5.97 Å². The molecular formula is C25H50O2. The Morgan fingerprint density at radius 1 is 0.667 bits per heavy atom. The van der Waals surface area contributed by atoms with Crippen LogP contribution < -0.4 is 0 Å². The Balaban J connectivity index is 3.95. The lowest BCUT2D eigenvalue weighted by atomic mass is 9.94. The molecule has 0 aliphatic rings. The molecule has 0 aliphatic carbocycles. The highest BCUT2D eigenvalue weighted by molar-refractivity contribution is 5.69. The molecular weight excluding hydrogens is 332 g/mol. The van der Waals surface area contributed by atoms with Crippen molar-refractivity contribution < 1.29 is 9.53 Å². The van der Waals surface area contributed by atoms with E-state index >= 15 is 0 Å². The molecule has 27 heavy (non-hydrogen) atoms. The summed E-state index contributed by atoms with van der Waals surface area (Å²) in [5.74, 6) is 0.962. The fourth-order valence-corrected chi connectivity index (χ4v) is 3.69. The first-order valence-electron chi connectivity index (χ1n) is 12.3. The highest BCUT2D eigenvalue weighted by Gasteiger charge is 2.13. The number of rotatable bonds is 20. The molecule has 1 atom stereocenters. The molecule has 0 aromatic heterocycles. The third-order valence-corrected chi connectivity index (χ3v) is 5.49. The van der Waals surface area contributed by atoms with Crippen LogP contribution in [0.1, 0.15) is 137 Å². The van der Waals surface area contributed by atoms with Gasteiger partial charge in [-0.05, 0) is 24.7 Å². The van der Waals surface area contributed by atoms with Gasteiger partial charge in [-0.25, -0.2) is 0 Å². The summed E-state index contributed by atoms with van der Waals surface area (Å²) >= 11 is 0. The van der Waals surface area contributed by atoms with Gasteiger partial charge in [0.2, 0.25) is 0 Å². The second-order valence-electron chi connectivity index (χ2n) is 8.97. The summed E-state index contributed by atoms with van der Waals surface area (Å²) in [5.41, 5.74) is 0. The van der Waals surface area contributed by atoms with Gasteiger partial charge in [0, 0.05) is 6.42 Å². The van der Waals surface area contributed by atoms with Gasteiger partial charge in [-0.15, -0.1) is 0 Å². The summed E-state index contributed by atoms with van der Waals surface area (Å²) in [4.78, 5) is 11.9. The van der Waals surface area contributed by atoms with Crippen molar-refractivity contribution in [2.45, 2.75) is 137 Å². The van der Waals surface area contributed by atoms with E-state index < -0.39 is 0 Å². The van der Waals surface area contributed by atoms with Crippen LogP contribution in [0, 0.1) is 11.8 Å². The Labute approximate surface area is 171 Å². The van der Waals surface area contributed by atoms with Gasteiger partial charge in [0.05, 0.1) is 6.61 Å². The molecule has 0 aromatic rings. The SMILES string of the molecule is CCCCCCCCCCC(CCCCCCCC)COC(=O)CC(C)C. The summed E-state index contributed by atoms with van der Waals surface area (Å²) in [5, 5.41) is 0. The Morgan fingerprint density at radius 3 is 1.48 bits per heavy atom. The molecule has 0 fully saturated rings. The number of esters is 1. The predicted octanol–water partition coefficient (Wildman–Crippen LogP) is 8.47. The van der Waals surface area contributed by atoms with Gasteiger partial charge in [0.1, 0.15) is 0 Å². The maximum atomic E-state index is 11.9. The first-order chi connectivity index (χ1) is 13.1. The summed E-state index contributed by atoms with van der Waals surface area (Å²) in [6.07, 6.45) is 22.0. The van der Waals surface area contributed by atoms with Crippen LogP contribution in [0.15, 0.2) is 0 Å². The normalized spacial score (nSPS) is 12.5. The zero-order chi connectivity index (χ0) is 20.2. The van der Waals surface area contributed by atoms with Crippen LogP contribution in [0.25, 0.3) is 0 Å². The van der Waals surface area contributed by atoms with E-state index in [9.17, 15) is 4.79 Å². The van der Waals surface area contributed by atoms with Crippen molar-refractivity contribution >= 4 is 5.97 Å². The summed E-state index contributed by atoms with van der Waals surface area (Å²) in [6, 6.07) is 0. The first-order valence-corrected chi connectivity index (χ1v) is 12.3. The van der Waals surface area contributed by atoms with Gasteiger partial charge in [-0.2, -0.15) is 0 Å². The first kappa shape index (κ1) is 26.5. The molecule has 0 saturated heterocycles. The summed E-state index contributed by atoms with van der Waals surface area (Å²) in [7, 11) is 0. The minimum absolute atomic E-state index is 0.00568. The van der Waals surface area contributed by atoms with Gasteiger partial charge in [-0.3, -0.25) is 4.79 Å². The van der Waals surface area contributed by atoms with E-state index in [0.717, 1.165) is 0 Å². The number of hydrogen-bond acceptors (Lipinski definition) is 2. The number of hydrogen-bond donors (Lipinski definition) is 0. The van der Waals surface area contributed by atoms with Crippen LogP contribution in [0.5, 0.6) is 0 Å². The fourth-order valence-electron chi connectivity index (χ4n) is 3.69.